The van der Waals surface area contributed by atoms with Crippen molar-refractivity contribution in [3.05, 3.63) is 29.8 Å². The molecule has 19 heavy (non-hydrogen) atoms. The van der Waals surface area contributed by atoms with E-state index in [0.29, 0.717) is 6.54 Å². The van der Waals surface area contributed by atoms with Crippen LogP contribution in [0.3, 0.4) is 0 Å². The number of ether oxygens (including phenoxy) is 1. The van der Waals surface area contributed by atoms with Crippen molar-refractivity contribution in [2.24, 2.45) is 0 Å². The van der Waals surface area contributed by atoms with E-state index in [-0.39, 0.29) is 18.0 Å². The first-order valence-corrected chi connectivity index (χ1v) is 6.41. The van der Waals surface area contributed by atoms with Gasteiger partial charge in [-0.25, -0.2) is 4.79 Å². The number of carbonyl (C=O) groups is 2. The van der Waals surface area contributed by atoms with Crippen molar-refractivity contribution in [1.29, 1.82) is 0 Å². The lowest BCUT2D eigenvalue weighted by atomic mass is 10.1. The number of urea groups is 1. The second-order valence-electron chi connectivity index (χ2n) is 4.72. The summed E-state index contributed by atoms with van der Waals surface area (Å²) in [6.45, 7) is 6.25. The lowest BCUT2D eigenvalue weighted by Gasteiger charge is -2.20. The van der Waals surface area contributed by atoms with Gasteiger partial charge in [-0.3, -0.25) is 10.1 Å². The Labute approximate surface area is 112 Å². The summed E-state index contributed by atoms with van der Waals surface area (Å²) in [4.78, 5) is 24.9. The van der Waals surface area contributed by atoms with Crippen LogP contribution in [0.15, 0.2) is 24.3 Å². The molecule has 1 saturated heterocycles. The maximum absolute atomic E-state index is 11.8. The molecule has 2 rings (SSSR count). The molecular weight excluding hydrogens is 244 g/mol. The number of carbonyl (C=O) groups excluding carboxylic acids is 2. The van der Waals surface area contributed by atoms with Gasteiger partial charge in [0.1, 0.15) is 11.8 Å². The van der Waals surface area contributed by atoms with Gasteiger partial charge in [0, 0.05) is 6.54 Å². The summed E-state index contributed by atoms with van der Waals surface area (Å²) in [7, 11) is 0. The Hall–Kier alpha value is -2.04. The van der Waals surface area contributed by atoms with E-state index in [9.17, 15) is 9.59 Å². The molecule has 1 unspecified atom stereocenters. The van der Waals surface area contributed by atoms with Crippen LogP contribution in [0.1, 0.15) is 32.4 Å². The number of nitrogens with one attached hydrogen (secondary N) is 1. The Morgan fingerprint density at radius 1 is 1.26 bits per heavy atom. The summed E-state index contributed by atoms with van der Waals surface area (Å²) < 4.78 is 5.55. The first-order chi connectivity index (χ1) is 9.02. The Balaban J connectivity index is 2.21. The van der Waals surface area contributed by atoms with Gasteiger partial charge < -0.3 is 9.64 Å². The Bertz CT molecular complexity index is 482. The fourth-order valence-electron chi connectivity index (χ4n) is 2.16. The Kier molecular flexibility index (Phi) is 3.74. The van der Waals surface area contributed by atoms with Gasteiger partial charge in [-0.1, -0.05) is 12.1 Å². The molecular formula is C14H18N2O3. The highest BCUT2D eigenvalue weighted by Crippen LogP contribution is 2.27. The fourth-order valence-corrected chi connectivity index (χ4v) is 2.16. The standard InChI is InChI=1S/C14H18N2O3/c1-4-16-12(13(17)15-14(16)18)10-5-7-11(8-6-10)19-9(2)3/h5-9,12H,4H2,1-3H3,(H,15,17,18). The maximum atomic E-state index is 11.8. The van der Waals surface area contributed by atoms with Gasteiger partial charge in [-0.2, -0.15) is 0 Å². The molecule has 5 heteroatoms. The highest BCUT2D eigenvalue weighted by atomic mass is 16.5. The molecule has 0 aromatic heterocycles. The molecule has 1 atom stereocenters. The molecule has 5 nitrogen and oxygen atoms in total. The normalized spacial score (nSPS) is 18.9. The molecule has 0 saturated carbocycles. The van der Waals surface area contributed by atoms with Crippen molar-refractivity contribution in [1.82, 2.24) is 10.2 Å². The summed E-state index contributed by atoms with van der Waals surface area (Å²) in [6.07, 6.45) is 0.106. The van der Waals surface area contributed by atoms with Crippen molar-refractivity contribution >= 4 is 11.9 Å². The number of benzene rings is 1. The van der Waals surface area contributed by atoms with Crippen molar-refractivity contribution < 1.29 is 14.3 Å². The predicted molar refractivity (Wildman–Crippen MR) is 70.9 cm³/mol. The minimum Gasteiger partial charge on any atom is -0.491 e. The average Bonchev–Trinajstić information content (AvgIpc) is 2.64. The van der Waals surface area contributed by atoms with Gasteiger partial charge in [-0.05, 0) is 38.5 Å². The van der Waals surface area contributed by atoms with E-state index < -0.39 is 6.04 Å². The van der Waals surface area contributed by atoms with Crippen LogP contribution in [0.5, 0.6) is 5.75 Å². The molecule has 102 valence electrons. The van der Waals surface area contributed by atoms with E-state index >= 15 is 0 Å². The molecule has 1 N–H and O–H groups in total. The molecule has 0 aliphatic carbocycles. The van der Waals surface area contributed by atoms with Gasteiger partial charge in [0.25, 0.3) is 5.91 Å². The quantitative estimate of drug-likeness (QED) is 0.845. The molecule has 1 heterocycles. The summed E-state index contributed by atoms with van der Waals surface area (Å²) in [5, 5.41) is 2.33. The van der Waals surface area contributed by atoms with Crippen LogP contribution in [-0.4, -0.2) is 29.5 Å². The zero-order valence-corrected chi connectivity index (χ0v) is 11.3. The van der Waals surface area contributed by atoms with E-state index in [1.807, 2.05) is 45.0 Å². The fraction of sp³-hybridized carbons (Fsp3) is 0.429. The first-order valence-electron chi connectivity index (χ1n) is 6.41. The molecule has 1 aliphatic heterocycles. The highest BCUT2D eigenvalue weighted by Gasteiger charge is 2.38. The third-order valence-electron chi connectivity index (χ3n) is 2.96. The van der Waals surface area contributed by atoms with Gasteiger partial charge in [0.2, 0.25) is 0 Å². The van der Waals surface area contributed by atoms with Gasteiger partial charge in [0.15, 0.2) is 0 Å². The number of imide groups is 1. The van der Waals surface area contributed by atoms with Gasteiger partial charge >= 0.3 is 6.03 Å². The number of likely N-dealkylation sites (N-methyl/N-ethyl adjacent to an activating group) is 1. The SMILES string of the molecule is CCN1C(=O)NC(=O)C1c1ccc(OC(C)C)cc1. The topological polar surface area (TPSA) is 58.6 Å². The van der Waals surface area contributed by atoms with Crippen LogP contribution >= 0.6 is 0 Å². The number of rotatable bonds is 4. The molecule has 1 aromatic rings. The van der Waals surface area contributed by atoms with E-state index in [1.54, 1.807) is 0 Å². The minimum atomic E-state index is -0.536. The Morgan fingerprint density at radius 2 is 1.89 bits per heavy atom. The van der Waals surface area contributed by atoms with Crippen molar-refractivity contribution in [2.75, 3.05) is 6.54 Å². The summed E-state index contributed by atoms with van der Waals surface area (Å²) >= 11 is 0. The number of hydrogen-bond acceptors (Lipinski definition) is 3. The third-order valence-corrected chi connectivity index (χ3v) is 2.96. The molecule has 0 bridgehead atoms. The highest BCUT2D eigenvalue weighted by molar-refractivity contribution is 6.04. The monoisotopic (exact) mass is 262 g/mol. The van der Waals surface area contributed by atoms with Crippen LogP contribution in [0, 0.1) is 0 Å². The maximum Gasteiger partial charge on any atom is 0.325 e. The van der Waals surface area contributed by atoms with Crippen LogP contribution < -0.4 is 10.1 Å². The first kappa shape index (κ1) is 13.4. The second kappa shape index (κ2) is 5.30. The minimum absolute atomic E-state index is 0.106. The van der Waals surface area contributed by atoms with E-state index in [4.69, 9.17) is 4.74 Å². The van der Waals surface area contributed by atoms with Crippen LogP contribution in [-0.2, 0) is 4.79 Å². The van der Waals surface area contributed by atoms with E-state index in [2.05, 4.69) is 5.32 Å². The zero-order chi connectivity index (χ0) is 14.0. The molecule has 1 aliphatic rings. The lowest BCUT2D eigenvalue weighted by Crippen LogP contribution is -2.29. The zero-order valence-electron chi connectivity index (χ0n) is 11.3. The Morgan fingerprint density at radius 3 is 2.42 bits per heavy atom. The van der Waals surface area contributed by atoms with Crippen LogP contribution in [0.4, 0.5) is 4.79 Å². The molecule has 0 spiro atoms. The van der Waals surface area contributed by atoms with Crippen molar-refractivity contribution in [2.45, 2.75) is 32.9 Å². The summed E-state index contributed by atoms with van der Waals surface area (Å²) in [6, 6.07) is 6.41. The largest absolute Gasteiger partial charge is 0.491 e. The van der Waals surface area contributed by atoms with Crippen LogP contribution in [0.2, 0.25) is 0 Å². The average molecular weight is 262 g/mol. The number of amides is 3. The van der Waals surface area contributed by atoms with E-state index in [0.717, 1.165) is 11.3 Å². The van der Waals surface area contributed by atoms with E-state index in [1.165, 1.54) is 4.90 Å². The molecule has 1 fully saturated rings. The number of hydrogen-bond donors (Lipinski definition) is 1. The van der Waals surface area contributed by atoms with Gasteiger partial charge in [0.05, 0.1) is 6.10 Å². The third kappa shape index (κ3) is 2.70. The molecule has 0 radical (unpaired) electrons. The predicted octanol–water partition coefficient (Wildman–Crippen LogP) is 2.09. The summed E-state index contributed by atoms with van der Waals surface area (Å²) in [5.41, 5.74) is 0.793. The van der Waals surface area contributed by atoms with Crippen molar-refractivity contribution in [3.63, 3.8) is 0 Å². The van der Waals surface area contributed by atoms with Crippen molar-refractivity contribution in [3.8, 4) is 5.75 Å². The molecule has 1 aromatic carbocycles. The smallest absolute Gasteiger partial charge is 0.325 e. The van der Waals surface area contributed by atoms with Crippen LogP contribution in [0.25, 0.3) is 0 Å². The number of nitrogens with zero attached hydrogens (tertiary/aromatic N) is 1. The molecule has 3 amide bonds. The summed E-state index contributed by atoms with van der Waals surface area (Å²) in [5.74, 6) is 0.482. The second-order valence-corrected chi connectivity index (χ2v) is 4.72. The van der Waals surface area contributed by atoms with Gasteiger partial charge in [-0.15, -0.1) is 0 Å². The lowest BCUT2D eigenvalue weighted by molar-refractivity contribution is -0.121.